The van der Waals surface area contributed by atoms with Crippen molar-refractivity contribution in [1.82, 2.24) is 20.1 Å². The molecule has 1 N–H and O–H groups in total. The summed E-state index contributed by atoms with van der Waals surface area (Å²) in [6, 6.07) is 19.0. The van der Waals surface area contributed by atoms with Gasteiger partial charge in [-0.25, -0.2) is 14.5 Å². The Kier molecular flexibility index (Phi) is 9.44. The fourth-order valence-corrected chi connectivity index (χ4v) is 7.05. The van der Waals surface area contributed by atoms with Gasteiger partial charge in [0.1, 0.15) is 17.8 Å². The Bertz CT molecular complexity index is 1740. The van der Waals surface area contributed by atoms with Gasteiger partial charge in [-0.3, -0.25) is 0 Å². The zero-order valence-corrected chi connectivity index (χ0v) is 27.0. The molecule has 47 heavy (non-hydrogen) atoms. The number of benzene rings is 3. The second kappa shape index (κ2) is 13.7. The van der Waals surface area contributed by atoms with Crippen LogP contribution in [0.3, 0.4) is 0 Å². The van der Waals surface area contributed by atoms with Crippen LogP contribution in [0.4, 0.5) is 23.7 Å². The summed E-state index contributed by atoms with van der Waals surface area (Å²) in [6.45, 7) is 5.06. The number of carbonyl (C=O) groups is 1. The molecule has 2 atom stereocenters. The number of hydrogen-bond acceptors (Lipinski definition) is 6. The second-order valence-corrected chi connectivity index (χ2v) is 12.8. The molecule has 9 nitrogen and oxygen atoms in total. The number of thioether (sulfide) groups is 1. The molecule has 2 amide bonds. The monoisotopic (exact) mass is 664 g/mol. The van der Waals surface area contributed by atoms with E-state index in [2.05, 4.69) is 49.9 Å². The molecule has 2 aliphatic rings. The molecule has 1 saturated heterocycles. The first-order valence-electron chi connectivity index (χ1n) is 15.4. The Hall–Kier alpha value is -4.52. The SMILES string of the molecule is COc1ccc(C(C)C)c(N2CCS/C2=N\C(=O)NC2CCCC2c2ccc(-c3ncn(-c4ccc(OC(F)(F)F)cc4)n3)cc2)c1. The van der Waals surface area contributed by atoms with E-state index in [1.54, 1.807) is 18.9 Å². The van der Waals surface area contributed by atoms with Crippen LogP contribution in [0, 0.1) is 0 Å². The standard InChI is InChI=1S/C34H35F3N6O3S/c1-21(2)27-16-15-26(45-3)19-30(27)42-17-18-47-33(42)40-32(44)39-29-6-4-5-28(29)22-7-9-23(10-8-22)31-38-20-43(41-31)24-11-13-25(14-12-24)46-34(35,36)37/h7-16,19-21,28-29H,4-6,17-18H2,1-3H3,(H,39,44)/b40-33-. The van der Waals surface area contributed by atoms with Crippen molar-refractivity contribution in [2.75, 3.05) is 24.3 Å². The molecule has 2 unspecified atom stereocenters. The van der Waals surface area contributed by atoms with Crippen LogP contribution in [0.5, 0.6) is 11.5 Å². The van der Waals surface area contributed by atoms with Crippen LogP contribution in [0.15, 0.2) is 78.0 Å². The maximum atomic E-state index is 13.2. The zero-order chi connectivity index (χ0) is 33.1. The molecular formula is C34H35F3N6O3S. The fraction of sp³-hybridized carbons (Fsp3) is 0.353. The first kappa shape index (κ1) is 32.4. The van der Waals surface area contributed by atoms with Crippen molar-refractivity contribution in [3.8, 4) is 28.6 Å². The topological polar surface area (TPSA) is 93.9 Å². The number of halogens is 3. The number of amides is 2. The van der Waals surface area contributed by atoms with Crippen LogP contribution >= 0.6 is 11.8 Å². The number of amidine groups is 1. The van der Waals surface area contributed by atoms with Gasteiger partial charge in [0.2, 0.25) is 0 Å². The van der Waals surface area contributed by atoms with E-state index in [-0.39, 0.29) is 23.7 Å². The number of aromatic nitrogens is 3. The predicted molar refractivity (Wildman–Crippen MR) is 177 cm³/mol. The summed E-state index contributed by atoms with van der Waals surface area (Å²) in [5.74, 6) is 2.23. The highest BCUT2D eigenvalue weighted by atomic mass is 32.2. The van der Waals surface area contributed by atoms with E-state index in [0.717, 1.165) is 54.1 Å². The number of anilines is 1. The summed E-state index contributed by atoms with van der Waals surface area (Å²) in [6.07, 6.45) is -0.431. The van der Waals surface area contributed by atoms with Crippen LogP contribution in [0.2, 0.25) is 0 Å². The third-order valence-electron chi connectivity index (χ3n) is 8.37. The quantitative estimate of drug-likeness (QED) is 0.205. The molecule has 0 spiro atoms. The van der Waals surface area contributed by atoms with Gasteiger partial charge in [-0.1, -0.05) is 62.4 Å². The molecule has 2 fully saturated rings. The van der Waals surface area contributed by atoms with E-state index < -0.39 is 6.36 Å². The molecule has 1 aliphatic heterocycles. The van der Waals surface area contributed by atoms with Gasteiger partial charge < -0.3 is 19.7 Å². The molecule has 1 saturated carbocycles. The number of hydrogen-bond donors (Lipinski definition) is 1. The molecule has 0 radical (unpaired) electrons. The van der Waals surface area contributed by atoms with E-state index in [9.17, 15) is 18.0 Å². The largest absolute Gasteiger partial charge is 0.573 e. The van der Waals surface area contributed by atoms with Crippen molar-refractivity contribution in [2.24, 2.45) is 4.99 Å². The third kappa shape index (κ3) is 7.56. The van der Waals surface area contributed by atoms with Crippen molar-refractivity contribution < 1.29 is 27.4 Å². The molecule has 246 valence electrons. The molecule has 2 heterocycles. The Labute approximate surface area is 275 Å². The van der Waals surface area contributed by atoms with Crippen molar-refractivity contribution in [1.29, 1.82) is 0 Å². The highest BCUT2D eigenvalue weighted by molar-refractivity contribution is 8.14. The molecule has 0 bridgehead atoms. The van der Waals surface area contributed by atoms with E-state index in [4.69, 9.17) is 4.74 Å². The first-order valence-corrected chi connectivity index (χ1v) is 16.4. The van der Waals surface area contributed by atoms with Crippen molar-refractivity contribution in [2.45, 2.75) is 57.3 Å². The molecule has 3 aromatic carbocycles. The Balaban J connectivity index is 1.12. The van der Waals surface area contributed by atoms with E-state index >= 15 is 0 Å². The molecule has 4 aromatic rings. The van der Waals surface area contributed by atoms with E-state index in [1.807, 2.05) is 36.4 Å². The first-order chi connectivity index (χ1) is 22.6. The number of methoxy groups -OCH3 is 1. The predicted octanol–water partition coefficient (Wildman–Crippen LogP) is 7.92. The summed E-state index contributed by atoms with van der Waals surface area (Å²) >= 11 is 1.58. The molecule has 6 rings (SSSR count). The van der Waals surface area contributed by atoms with Gasteiger partial charge in [-0.2, -0.15) is 4.99 Å². The summed E-state index contributed by atoms with van der Waals surface area (Å²) in [5, 5.41) is 8.36. The van der Waals surface area contributed by atoms with Crippen LogP contribution in [0.1, 0.15) is 56.1 Å². The van der Waals surface area contributed by atoms with Crippen LogP contribution in [-0.2, 0) is 0 Å². The van der Waals surface area contributed by atoms with Crippen molar-refractivity contribution in [3.05, 3.63) is 84.2 Å². The fourth-order valence-electron chi connectivity index (χ4n) is 6.10. The summed E-state index contributed by atoms with van der Waals surface area (Å²) in [5.41, 5.74) is 4.65. The number of nitrogens with zero attached hydrogens (tertiary/aromatic N) is 5. The maximum absolute atomic E-state index is 13.2. The van der Waals surface area contributed by atoms with Crippen molar-refractivity contribution >= 4 is 28.6 Å². The van der Waals surface area contributed by atoms with Crippen molar-refractivity contribution in [3.63, 3.8) is 0 Å². The number of ether oxygens (including phenoxy) is 2. The number of urea groups is 1. The summed E-state index contributed by atoms with van der Waals surface area (Å²) < 4.78 is 48.3. The van der Waals surface area contributed by atoms with E-state index in [0.29, 0.717) is 22.6 Å². The minimum Gasteiger partial charge on any atom is -0.497 e. The maximum Gasteiger partial charge on any atom is 0.573 e. The highest BCUT2D eigenvalue weighted by Crippen LogP contribution is 2.37. The Morgan fingerprint density at radius 1 is 1.04 bits per heavy atom. The molecule has 1 aliphatic carbocycles. The minimum atomic E-state index is -4.75. The van der Waals surface area contributed by atoms with Gasteiger partial charge in [0.05, 0.1) is 12.8 Å². The average molecular weight is 665 g/mol. The van der Waals surface area contributed by atoms with E-state index in [1.165, 1.54) is 40.8 Å². The Morgan fingerprint density at radius 3 is 2.49 bits per heavy atom. The molecule has 13 heteroatoms. The zero-order valence-electron chi connectivity index (χ0n) is 26.2. The van der Waals surface area contributed by atoms with Gasteiger partial charge in [0.25, 0.3) is 0 Å². The number of alkyl halides is 3. The minimum absolute atomic E-state index is 0.0396. The van der Waals surface area contributed by atoms with Crippen LogP contribution in [0.25, 0.3) is 17.1 Å². The normalized spacial score (nSPS) is 19.0. The lowest BCUT2D eigenvalue weighted by atomic mass is 9.93. The lowest BCUT2D eigenvalue weighted by molar-refractivity contribution is -0.274. The number of carbonyl (C=O) groups excluding carboxylic acids is 1. The summed E-state index contributed by atoms with van der Waals surface area (Å²) in [4.78, 5) is 24.3. The Morgan fingerprint density at radius 2 is 1.79 bits per heavy atom. The van der Waals surface area contributed by atoms with Gasteiger partial charge in [0.15, 0.2) is 11.0 Å². The van der Waals surface area contributed by atoms with Gasteiger partial charge in [-0.05, 0) is 60.2 Å². The highest BCUT2D eigenvalue weighted by Gasteiger charge is 2.32. The lowest BCUT2D eigenvalue weighted by Crippen LogP contribution is -2.36. The smallest absolute Gasteiger partial charge is 0.497 e. The number of nitrogens with one attached hydrogen (secondary N) is 1. The lowest BCUT2D eigenvalue weighted by Gasteiger charge is -2.24. The van der Waals surface area contributed by atoms with Crippen LogP contribution in [-0.4, -0.2) is 57.8 Å². The molecule has 1 aromatic heterocycles. The third-order valence-corrected chi connectivity index (χ3v) is 9.33. The average Bonchev–Trinajstić information content (AvgIpc) is 3.82. The van der Waals surface area contributed by atoms with Crippen LogP contribution < -0.4 is 19.7 Å². The van der Waals surface area contributed by atoms with Gasteiger partial charge in [-0.15, -0.1) is 18.3 Å². The van der Waals surface area contributed by atoms with Gasteiger partial charge >= 0.3 is 12.4 Å². The second-order valence-electron chi connectivity index (χ2n) is 11.7. The number of aliphatic imine (C=N–C) groups is 1. The summed E-state index contributed by atoms with van der Waals surface area (Å²) in [7, 11) is 1.65. The van der Waals surface area contributed by atoms with Gasteiger partial charge in [0, 0.05) is 41.6 Å². The molecular weight excluding hydrogens is 629 g/mol. The number of rotatable bonds is 8.